The smallest absolute Gasteiger partial charge is 0.222 e. The molecular formula is C13H24N2O. The molecule has 1 N–H and O–H groups in total. The Bertz CT molecular complexity index is 230. The van der Waals surface area contributed by atoms with E-state index in [1.807, 2.05) is 0 Å². The predicted octanol–water partition coefficient (Wildman–Crippen LogP) is 1.63. The fraction of sp³-hybridized carbons (Fsp3) is 0.923. The lowest BCUT2D eigenvalue weighted by molar-refractivity contribution is -0.131. The molecule has 0 spiro atoms. The van der Waals surface area contributed by atoms with Crippen molar-refractivity contribution in [3.63, 3.8) is 0 Å². The zero-order valence-corrected chi connectivity index (χ0v) is 10.4. The van der Waals surface area contributed by atoms with Crippen LogP contribution in [0.5, 0.6) is 0 Å². The summed E-state index contributed by atoms with van der Waals surface area (Å²) in [5.74, 6) is 1.71. The number of hydrogen-bond donors (Lipinski definition) is 1. The highest BCUT2D eigenvalue weighted by molar-refractivity contribution is 5.76. The molecule has 2 fully saturated rings. The first kappa shape index (κ1) is 11.9. The SMILES string of the molecule is CC(CC(=O)N1CCCC1)C1CCNCC1. The average Bonchev–Trinajstić information content (AvgIpc) is 2.83. The molecule has 92 valence electrons. The molecule has 3 nitrogen and oxygen atoms in total. The van der Waals surface area contributed by atoms with Gasteiger partial charge in [-0.15, -0.1) is 0 Å². The van der Waals surface area contributed by atoms with Crippen molar-refractivity contribution < 1.29 is 4.79 Å². The molecule has 0 aromatic rings. The number of rotatable bonds is 3. The first-order valence-electron chi connectivity index (χ1n) is 6.76. The Morgan fingerprint density at radius 3 is 2.56 bits per heavy atom. The number of piperidine rings is 1. The lowest BCUT2D eigenvalue weighted by Gasteiger charge is -2.29. The van der Waals surface area contributed by atoms with Gasteiger partial charge in [0.1, 0.15) is 0 Å². The molecule has 1 unspecified atom stereocenters. The van der Waals surface area contributed by atoms with Gasteiger partial charge >= 0.3 is 0 Å². The van der Waals surface area contributed by atoms with Crippen molar-refractivity contribution in [2.24, 2.45) is 11.8 Å². The Hall–Kier alpha value is -0.570. The fourth-order valence-corrected chi connectivity index (χ4v) is 2.95. The third kappa shape index (κ3) is 2.97. The molecule has 0 radical (unpaired) electrons. The van der Waals surface area contributed by atoms with E-state index in [0.717, 1.165) is 38.5 Å². The Morgan fingerprint density at radius 2 is 1.94 bits per heavy atom. The molecule has 0 bridgehead atoms. The maximum Gasteiger partial charge on any atom is 0.222 e. The van der Waals surface area contributed by atoms with Gasteiger partial charge in [-0.1, -0.05) is 6.92 Å². The summed E-state index contributed by atoms with van der Waals surface area (Å²) in [6.45, 7) is 6.51. The predicted molar refractivity (Wildman–Crippen MR) is 65.2 cm³/mol. The van der Waals surface area contributed by atoms with Crippen LogP contribution in [-0.4, -0.2) is 37.0 Å². The minimum atomic E-state index is 0.392. The van der Waals surface area contributed by atoms with Crippen molar-refractivity contribution in [1.29, 1.82) is 0 Å². The molecule has 2 saturated heterocycles. The molecule has 2 aliphatic heterocycles. The standard InChI is InChI=1S/C13H24N2O/c1-11(12-4-6-14-7-5-12)10-13(16)15-8-2-3-9-15/h11-12,14H,2-10H2,1H3. The van der Waals surface area contributed by atoms with Gasteiger partial charge < -0.3 is 10.2 Å². The second-order valence-corrected chi connectivity index (χ2v) is 5.36. The summed E-state index contributed by atoms with van der Waals surface area (Å²) in [6, 6.07) is 0. The van der Waals surface area contributed by atoms with Crippen molar-refractivity contribution >= 4 is 5.91 Å². The maximum atomic E-state index is 12.0. The first-order valence-corrected chi connectivity index (χ1v) is 6.76. The van der Waals surface area contributed by atoms with Gasteiger partial charge in [-0.3, -0.25) is 4.79 Å². The lowest BCUT2D eigenvalue weighted by atomic mass is 9.84. The van der Waals surface area contributed by atoms with Gasteiger partial charge in [0.15, 0.2) is 0 Å². The van der Waals surface area contributed by atoms with Gasteiger partial charge in [0.05, 0.1) is 0 Å². The normalized spacial score (nSPS) is 24.7. The van der Waals surface area contributed by atoms with Gasteiger partial charge in [0.25, 0.3) is 0 Å². The van der Waals surface area contributed by atoms with Gasteiger partial charge in [-0.05, 0) is 50.6 Å². The van der Waals surface area contributed by atoms with Crippen LogP contribution < -0.4 is 5.32 Å². The third-order valence-electron chi connectivity index (χ3n) is 4.14. The summed E-state index contributed by atoms with van der Waals surface area (Å²) in [6.07, 6.45) is 5.66. The van der Waals surface area contributed by atoms with Crippen molar-refractivity contribution in [1.82, 2.24) is 10.2 Å². The van der Waals surface area contributed by atoms with E-state index in [4.69, 9.17) is 0 Å². The topological polar surface area (TPSA) is 32.3 Å². The summed E-state index contributed by atoms with van der Waals surface area (Å²) >= 11 is 0. The van der Waals surface area contributed by atoms with Crippen LogP contribution in [0.25, 0.3) is 0 Å². The number of nitrogens with zero attached hydrogens (tertiary/aromatic N) is 1. The van der Waals surface area contributed by atoms with Crippen LogP contribution in [0.2, 0.25) is 0 Å². The Morgan fingerprint density at radius 1 is 1.31 bits per heavy atom. The lowest BCUT2D eigenvalue weighted by Crippen LogP contribution is -2.34. The van der Waals surface area contributed by atoms with Gasteiger partial charge in [-0.2, -0.15) is 0 Å². The number of carbonyl (C=O) groups excluding carboxylic acids is 1. The zero-order valence-electron chi connectivity index (χ0n) is 10.4. The molecule has 0 aliphatic carbocycles. The van der Waals surface area contributed by atoms with E-state index in [2.05, 4.69) is 17.1 Å². The highest BCUT2D eigenvalue weighted by Crippen LogP contribution is 2.25. The van der Waals surface area contributed by atoms with E-state index in [-0.39, 0.29) is 0 Å². The van der Waals surface area contributed by atoms with Crippen molar-refractivity contribution in [2.45, 2.75) is 39.0 Å². The molecule has 2 rings (SSSR count). The Kier molecular flexibility index (Phi) is 4.22. The van der Waals surface area contributed by atoms with Crippen molar-refractivity contribution in [3.8, 4) is 0 Å². The highest BCUT2D eigenvalue weighted by Gasteiger charge is 2.25. The van der Waals surface area contributed by atoms with Crippen LogP contribution in [-0.2, 0) is 4.79 Å². The van der Waals surface area contributed by atoms with Crippen molar-refractivity contribution in [3.05, 3.63) is 0 Å². The zero-order chi connectivity index (χ0) is 11.4. The van der Waals surface area contributed by atoms with E-state index in [0.29, 0.717) is 11.8 Å². The average molecular weight is 224 g/mol. The number of nitrogens with one attached hydrogen (secondary N) is 1. The summed E-state index contributed by atoms with van der Waals surface area (Å²) in [5, 5.41) is 3.38. The van der Waals surface area contributed by atoms with Crippen molar-refractivity contribution in [2.75, 3.05) is 26.2 Å². The number of likely N-dealkylation sites (tertiary alicyclic amines) is 1. The number of carbonyl (C=O) groups is 1. The van der Waals surface area contributed by atoms with Crippen LogP contribution in [0.15, 0.2) is 0 Å². The van der Waals surface area contributed by atoms with E-state index < -0.39 is 0 Å². The molecule has 0 aromatic carbocycles. The third-order valence-corrected chi connectivity index (χ3v) is 4.14. The minimum absolute atomic E-state index is 0.392. The summed E-state index contributed by atoms with van der Waals surface area (Å²) in [7, 11) is 0. The molecular weight excluding hydrogens is 200 g/mol. The van der Waals surface area contributed by atoms with Crippen LogP contribution in [0, 0.1) is 11.8 Å². The second-order valence-electron chi connectivity index (χ2n) is 5.36. The second kappa shape index (κ2) is 5.67. The molecule has 1 amide bonds. The summed E-state index contributed by atoms with van der Waals surface area (Å²) in [4.78, 5) is 14.1. The van der Waals surface area contributed by atoms with E-state index in [9.17, 15) is 4.79 Å². The van der Waals surface area contributed by atoms with Crippen LogP contribution >= 0.6 is 0 Å². The molecule has 16 heavy (non-hydrogen) atoms. The quantitative estimate of drug-likeness (QED) is 0.790. The van der Waals surface area contributed by atoms with Crippen LogP contribution in [0.3, 0.4) is 0 Å². The van der Waals surface area contributed by atoms with E-state index in [1.165, 1.54) is 25.7 Å². The minimum Gasteiger partial charge on any atom is -0.343 e. The van der Waals surface area contributed by atoms with Gasteiger partial charge in [-0.25, -0.2) is 0 Å². The van der Waals surface area contributed by atoms with Crippen LogP contribution in [0.1, 0.15) is 39.0 Å². The Labute approximate surface area is 98.6 Å². The fourth-order valence-electron chi connectivity index (χ4n) is 2.95. The highest BCUT2D eigenvalue weighted by atomic mass is 16.2. The first-order chi connectivity index (χ1) is 7.77. The molecule has 3 heteroatoms. The van der Waals surface area contributed by atoms with Gasteiger partial charge in [0.2, 0.25) is 5.91 Å². The molecule has 1 atom stereocenters. The monoisotopic (exact) mass is 224 g/mol. The largest absolute Gasteiger partial charge is 0.343 e. The Balaban J connectivity index is 1.76. The van der Waals surface area contributed by atoms with Crippen LogP contribution in [0.4, 0.5) is 0 Å². The maximum absolute atomic E-state index is 12.0. The molecule has 0 aromatic heterocycles. The molecule has 0 saturated carbocycles. The molecule has 2 heterocycles. The number of amides is 1. The van der Waals surface area contributed by atoms with E-state index >= 15 is 0 Å². The molecule has 2 aliphatic rings. The summed E-state index contributed by atoms with van der Waals surface area (Å²) in [5.41, 5.74) is 0. The summed E-state index contributed by atoms with van der Waals surface area (Å²) < 4.78 is 0. The van der Waals surface area contributed by atoms with Gasteiger partial charge in [0, 0.05) is 19.5 Å². The van der Waals surface area contributed by atoms with E-state index in [1.54, 1.807) is 0 Å². The number of hydrogen-bond acceptors (Lipinski definition) is 2.